The Kier molecular flexibility index (Phi) is 5.50. The minimum Gasteiger partial charge on any atom is -0.464 e. The number of amides is 1. The Hall–Kier alpha value is -3.09. The molecule has 2 rings (SSSR count). The molecule has 0 aliphatic heterocycles. The first-order valence-corrected chi connectivity index (χ1v) is 8.03. The van der Waals surface area contributed by atoms with Gasteiger partial charge in [-0.25, -0.2) is 9.59 Å². The van der Waals surface area contributed by atoms with Crippen molar-refractivity contribution in [2.45, 2.75) is 33.3 Å². The highest BCUT2D eigenvalue weighted by molar-refractivity contribution is 5.98. The van der Waals surface area contributed by atoms with Crippen LogP contribution in [0.1, 0.15) is 33.3 Å². The Labute approximate surface area is 151 Å². The van der Waals surface area contributed by atoms with Crippen LogP contribution >= 0.6 is 0 Å². The van der Waals surface area contributed by atoms with Crippen molar-refractivity contribution in [3.8, 4) is 0 Å². The number of aromatic nitrogens is 1. The second-order valence-corrected chi connectivity index (χ2v) is 6.72. The van der Waals surface area contributed by atoms with E-state index in [1.165, 1.54) is 24.7 Å². The zero-order valence-corrected chi connectivity index (χ0v) is 15.5. The molecule has 7 heteroatoms. The number of hydrogen-bond acceptors (Lipinski definition) is 5. The summed E-state index contributed by atoms with van der Waals surface area (Å²) in [6.07, 6.45) is 2.67. The summed E-state index contributed by atoms with van der Waals surface area (Å²) in [6, 6.07) is 7.04. The van der Waals surface area contributed by atoms with Crippen LogP contribution in [0.25, 0.3) is 17.0 Å². The van der Waals surface area contributed by atoms with Gasteiger partial charge in [-0.15, -0.1) is 0 Å². The summed E-state index contributed by atoms with van der Waals surface area (Å²) in [6.45, 7) is 6.71. The van der Waals surface area contributed by atoms with Gasteiger partial charge in [0.2, 0.25) is 5.91 Å². The number of nitrogens with one attached hydrogen (secondary N) is 1. The molecule has 1 aromatic carbocycles. The lowest BCUT2D eigenvalue weighted by atomic mass is 10.1. The zero-order chi connectivity index (χ0) is 19.5. The molecular formula is C19H22N2O5. The Morgan fingerprint density at radius 1 is 1.15 bits per heavy atom. The number of fused-ring (bicyclic) bond motifs is 1. The molecule has 0 atom stereocenters. The predicted octanol–water partition coefficient (Wildman–Crippen LogP) is 3.07. The van der Waals surface area contributed by atoms with E-state index in [-0.39, 0.29) is 11.6 Å². The highest BCUT2D eigenvalue weighted by Gasteiger charge is 2.19. The number of ether oxygens (including phenoxy) is 2. The first-order valence-electron chi connectivity index (χ1n) is 8.03. The zero-order valence-electron chi connectivity index (χ0n) is 15.5. The van der Waals surface area contributed by atoms with Gasteiger partial charge in [-0.3, -0.25) is 9.36 Å². The molecule has 7 nitrogen and oxygen atoms in total. The molecule has 0 spiro atoms. The van der Waals surface area contributed by atoms with E-state index >= 15 is 0 Å². The smallest absolute Gasteiger partial charge is 0.418 e. The summed E-state index contributed by atoms with van der Waals surface area (Å²) in [7, 11) is 1.24. The summed E-state index contributed by atoms with van der Waals surface area (Å²) in [5.74, 6) is -1.02. The number of carbonyl (C=O) groups is 3. The highest BCUT2D eigenvalue weighted by atomic mass is 16.6. The Morgan fingerprint density at radius 2 is 1.85 bits per heavy atom. The number of benzene rings is 1. The monoisotopic (exact) mass is 358 g/mol. The number of methoxy groups -OCH3 is 1. The van der Waals surface area contributed by atoms with Gasteiger partial charge in [0, 0.05) is 18.5 Å². The molecule has 2 aromatic rings. The van der Waals surface area contributed by atoms with E-state index in [2.05, 4.69) is 10.1 Å². The van der Waals surface area contributed by atoms with Crippen molar-refractivity contribution < 1.29 is 23.9 Å². The molecule has 1 N–H and O–H groups in total. The maximum atomic E-state index is 12.3. The average Bonchev–Trinajstić information content (AvgIpc) is 2.94. The summed E-state index contributed by atoms with van der Waals surface area (Å²) in [5.41, 5.74) is 0.791. The molecule has 138 valence electrons. The van der Waals surface area contributed by atoms with E-state index in [1.54, 1.807) is 51.2 Å². The first-order chi connectivity index (χ1) is 12.1. The molecule has 1 aromatic heterocycles. The van der Waals surface area contributed by atoms with Gasteiger partial charge in [0.25, 0.3) is 0 Å². The normalized spacial score (nSPS) is 12.0. The van der Waals surface area contributed by atoms with E-state index in [4.69, 9.17) is 4.74 Å². The molecule has 0 fully saturated rings. The van der Waals surface area contributed by atoms with Crippen LogP contribution in [0, 0.1) is 0 Å². The first kappa shape index (κ1) is 19.2. The third-order valence-corrected chi connectivity index (χ3v) is 3.33. The van der Waals surface area contributed by atoms with Crippen LogP contribution in [-0.4, -0.2) is 35.2 Å². The number of esters is 1. The average molecular weight is 358 g/mol. The van der Waals surface area contributed by atoms with Crippen molar-refractivity contribution in [2.24, 2.45) is 0 Å². The Balaban J connectivity index is 2.38. The van der Waals surface area contributed by atoms with Crippen molar-refractivity contribution in [1.29, 1.82) is 0 Å². The molecule has 26 heavy (non-hydrogen) atoms. The number of nitrogens with zero attached hydrogens (tertiary/aromatic N) is 1. The standard InChI is InChI=1S/C19H22N2O5/c1-12(22)20-15(17(23)25-5)11-13-6-7-16-14(10-13)8-9-21(16)18(24)26-19(2,3)4/h6-11H,1-5H3,(H,20,22)/b15-11-. The third kappa shape index (κ3) is 4.72. The molecule has 0 saturated carbocycles. The van der Waals surface area contributed by atoms with Crippen molar-refractivity contribution in [1.82, 2.24) is 9.88 Å². The van der Waals surface area contributed by atoms with E-state index < -0.39 is 17.7 Å². The number of hydrogen-bond donors (Lipinski definition) is 1. The van der Waals surface area contributed by atoms with Gasteiger partial charge in [-0.1, -0.05) is 6.07 Å². The maximum absolute atomic E-state index is 12.3. The Bertz CT molecular complexity index is 887. The van der Waals surface area contributed by atoms with Gasteiger partial charge in [0.15, 0.2) is 0 Å². The van der Waals surface area contributed by atoms with Gasteiger partial charge in [-0.2, -0.15) is 0 Å². The summed E-state index contributed by atoms with van der Waals surface area (Å²) < 4.78 is 11.5. The van der Waals surface area contributed by atoms with Gasteiger partial charge < -0.3 is 14.8 Å². The molecule has 0 aliphatic carbocycles. The summed E-state index contributed by atoms with van der Waals surface area (Å²) in [4.78, 5) is 35.3. The molecule has 1 heterocycles. The molecule has 0 saturated heterocycles. The molecule has 0 bridgehead atoms. The van der Waals surface area contributed by atoms with Crippen LogP contribution in [0.3, 0.4) is 0 Å². The largest absolute Gasteiger partial charge is 0.464 e. The maximum Gasteiger partial charge on any atom is 0.418 e. The Morgan fingerprint density at radius 3 is 2.42 bits per heavy atom. The van der Waals surface area contributed by atoms with Crippen molar-refractivity contribution in [2.75, 3.05) is 7.11 Å². The van der Waals surface area contributed by atoms with Crippen molar-refractivity contribution in [3.05, 3.63) is 41.7 Å². The van der Waals surface area contributed by atoms with Crippen molar-refractivity contribution in [3.63, 3.8) is 0 Å². The lowest BCUT2D eigenvalue weighted by Gasteiger charge is -2.19. The van der Waals surface area contributed by atoms with E-state index in [9.17, 15) is 14.4 Å². The topological polar surface area (TPSA) is 86.6 Å². The van der Waals surface area contributed by atoms with Gasteiger partial charge in [0.1, 0.15) is 11.3 Å². The van der Waals surface area contributed by atoms with Crippen LogP contribution < -0.4 is 5.32 Å². The molecule has 1 amide bonds. The summed E-state index contributed by atoms with van der Waals surface area (Å²) in [5, 5.41) is 3.23. The molecule has 0 unspecified atom stereocenters. The van der Waals surface area contributed by atoms with Crippen LogP contribution in [-0.2, 0) is 19.1 Å². The molecule has 0 radical (unpaired) electrons. The van der Waals surface area contributed by atoms with Crippen LogP contribution in [0.15, 0.2) is 36.2 Å². The van der Waals surface area contributed by atoms with Gasteiger partial charge >= 0.3 is 12.1 Å². The predicted molar refractivity (Wildman–Crippen MR) is 97.4 cm³/mol. The van der Waals surface area contributed by atoms with Crippen LogP contribution in [0.5, 0.6) is 0 Å². The molecule has 0 aliphatic rings. The summed E-state index contributed by atoms with van der Waals surface area (Å²) >= 11 is 0. The quantitative estimate of drug-likeness (QED) is 0.673. The minimum atomic E-state index is -0.647. The van der Waals surface area contributed by atoms with Gasteiger partial charge in [0.05, 0.1) is 12.6 Å². The molecular weight excluding hydrogens is 336 g/mol. The fraction of sp³-hybridized carbons (Fsp3) is 0.316. The minimum absolute atomic E-state index is 0.0333. The number of carbonyl (C=O) groups excluding carboxylic acids is 3. The fourth-order valence-corrected chi connectivity index (χ4v) is 2.33. The lowest BCUT2D eigenvalue weighted by molar-refractivity contribution is -0.137. The lowest BCUT2D eigenvalue weighted by Crippen LogP contribution is -2.26. The van der Waals surface area contributed by atoms with E-state index in [1.807, 2.05) is 0 Å². The van der Waals surface area contributed by atoms with Crippen molar-refractivity contribution >= 4 is 34.9 Å². The SMILES string of the molecule is COC(=O)/C(=C/c1ccc2c(ccn2C(=O)OC(C)(C)C)c1)NC(C)=O. The second-order valence-electron chi connectivity index (χ2n) is 6.72. The third-order valence-electron chi connectivity index (χ3n) is 3.33. The van der Waals surface area contributed by atoms with Crippen LogP contribution in [0.2, 0.25) is 0 Å². The number of rotatable bonds is 3. The van der Waals surface area contributed by atoms with Gasteiger partial charge in [-0.05, 0) is 50.6 Å². The fourth-order valence-electron chi connectivity index (χ4n) is 2.33. The highest BCUT2D eigenvalue weighted by Crippen LogP contribution is 2.21. The van der Waals surface area contributed by atoms with E-state index in [0.29, 0.717) is 11.1 Å². The van der Waals surface area contributed by atoms with E-state index in [0.717, 1.165) is 5.39 Å². The second kappa shape index (κ2) is 7.43. The van der Waals surface area contributed by atoms with Crippen LogP contribution in [0.4, 0.5) is 4.79 Å².